The molecule has 0 radical (unpaired) electrons. The highest BCUT2D eigenvalue weighted by molar-refractivity contribution is 6.11. The quantitative estimate of drug-likeness (QED) is 0.825. The molecule has 2 aliphatic heterocycles. The van der Waals surface area contributed by atoms with Gasteiger partial charge in [0, 0.05) is 31.8 Å². The maximum absolute atomic E-state index is 12.4. The minimum atomic E-state index is -0.392. The Labute approximate surface area is 162 Å². The molecule has 28 heavy (non-hydrogen) atoms. The first-order valence-corrected chi connectivity index (χ1v) is 9.19. The van der Waals surface area contributed by atoms with Gasteiger partial charge in [-0.1, -0.05) is 6.07 Å². The van der Waals surface area contributed by atoms with E-state index < -0.39 is 5.91 Å². The highest BCUT2D eigenvalue weighted by Crippen LogP contribution is 2.40. The molecule has 7 heteroatoms. The number of oxazole rings is 1. The fraction of sp³-hybridized carbons (Fsp3) is 0.333. The maximum Gasteiger partial charge on any atom is 0.278 e. The Morgan fingerprint density at radius 1 is 1.29 bits per heavy atom. The SMILES string of the molecule is COc1ccc(C2CCOCC2)c2c1N=C(NC(=O)c1coc(C)n1)C=C=C2. The zero-order valence-electron chi connectivity index (χ0n) is 15.8. The Hall–Kier alpha value is -3.15. The van der Waals surface area contributed by atoms with Gasteiger partial charge in [0.25, 0.3) is 5.91 Å². The number of hydrogen-bond acceptors (Lipinski definition) is 6. The Kier molecular flexibility index (Phi) is 5.10. The van der Waals surface area contributed by atoms with Gasteiger partial charge < -0.3 is 19.2 Å². The van der Waals surface area contributed by atoms with Crippen LogP contribution in [0.25, 0.3) is 6.08 Å². The predicted molar refractivity (Wildman–Crippen MR) is 104 cm³/mol. The lowest BCUT2D eigenvalue weighted by Crippen LogP contribution is -2.29. The van der Waals surface area contributed by atoms with Crippen molar-refractivity contribution in [2.75, 3.05) is 20.3 Å². The first kappa shape index (κ1) is 18.2. The smallest absolute Gasteiger partial charge is 0.278 e. The number of carbonyl (C=O) groups is 1. The summed E-state index contributed by atoms with van der Waals surface area (Å²) in [6.07, 6.45) is 6.78. The monoisotopic (exact) mass is 379 g/mol. The van der Waals surface area contributed by atoms with Gasteiger partial charge in [-0.15, -0.1) is 5.73 Å². The molecule has 0 bridgehead atoms. The van der Waals surface area contributed by atoms with E-state index >= 15 is 0 Å². The molecule has 1 fully saturated rings. The molecule has 1 saturated heterocycles. The molecule has 3 heterocycles. The van der Waals surface area contributed by atoms with E-state index in [9.17, 15) is 4.79 Å². The van der Waals surface area contributed by atoms with Crippen molar-refractivity contribution in [3.63, 3.8) is 0 Å². The Balaban J connectivity index is 1.70. The van der Waals surface area contributed by atoms with Gasteiger partial charge in [-0.3, -0.25) is 4.79 Å². The van der Waals surface area contributed by atoms with Gasteiger partial charge in [-0.25, -0.2) is 9.98 Å². The van der Waals surface area contributed by atoms with Crippen LogP contribution in [-0.2, 0) is 4.74 Å². The molecular weight excluding hydrogens is 358 g/mol. The number of nitrogens with one attached hydrogen (secondary N) is 1. The van der Waals surface area contributed by atoms with E-state index in [0.717, 1.165) is 31.6 Å². The number of nitrogens with zero attached hydrogens (tertiary/aromatic N) is 2. The molecule has 1 amide bonds. The van der Waals surface area contributed by atoms with Crippen LogP contribution in [0.15, 0.2) is 39.6 Å². The average Bonchev–Trinajstić information content (AvgIpc) is 3.04. The van der Waals surface area contributed by atoms with Crippen molar-refractivity contribution in [1.82, 2.24) is 10.3 Å². The average molecular weight is 379 g/mol. The van der Waals surface area contributed by atoms with Crippen LogP contribution in [0.1, 0.15) is 46.3 Å². The zero-order valence-corrected chi connectivity index (χ0v) is 15.8. The molecular formula is C21H21N3O4. The number of hydrogen-bond donors (Lipinski definition) is 1. The minimum Gasteiger partial charge on any atom is -0.494 e. The van der Waals surface area contributed by atoms with Crippen molar-refractivity contribution < 1.29 is 18.7 Å². The van der Waals surface area contributed by atoms with E-state index in [1.54, 1.807) is 20.1 Å². The fourth-order valence-electron chi connectivity index (χ4n) is 3.47. The minimum absolute atomic E-state index is 0.199. The van der Waals surface area contributed by atoms with Crippen LogP contribution >= 0.6 is 0 Å². The van der Waals surface area contributed by atoms with Crippen LogP contribution < -0.4 is 10.1 Å². The normalized spacial score (nSPS) is 16.3. The first-order valence-electron chi connectivity index (χ1n) is 9.19. The number of rotatable bonds is 3. The molecule has 2 aliphatic rings. The first-order chi connectivity index (χ1) is 13.7. The van der Waals surface area contributed by atoms with Crippen LogP contribution in [0, 0.1) is 6.92 Å². The van der Waals surface area contributed by atoms with Gasteiger partial charge in [-0.05, 0) is 36.5 Å². The van der Waals surface area contributed by atoms with Crippen molar-refractivity contribution in [2.24, 2.45) is 4.99 Å². The lowest BCUT2D eigenvalue weighted by Gasteiger charge is -2.25. The topological polar surface area (TPSA) is 86.0 Å². The lowest BCUT2D eigenvalue weighted by atomic mass is 9.87. The van der Waals surface area contributed by atoms with E-state index in [4.69, 9.17) is 13.9 Å². The maximum atomic E-state index is 12.4. The van der Waals surface area contributed by atoms with Crippen LogP contribution in [0.2, 0.25) is 0 Å². The second-order valence-corrected chi connectivity index (χ2v) is 6.66. The summed E-state index contributed by atoms with van der Waals surface area (Å²) in [5, 5.41) is 2.75. The second kappa shape index (κ2) is 7.84. The Morgan fingerprint density at radius 3 is 2.82 bits per heavy atom. The predicted octanol–water partition coefficient (Wildman–Crippen LogP) is 3.53. The second-order valence-electron chi connectivity index (χ2n) is 6.66. The molecule has 7 nitrogen and oxygen atoms in total. The fourth-order valence-corrected chi connectivity index (χ4v) is 3.47. The van der Waals surface area contributed by atoms with Crippen molar-refractivity contribution in [3.05, 3.63) is 52.9 Å². The van der Waals surface area contributed by atoms with E-state index in [0.29, 0.717) is 29.1 Å². The molecule has 0 atom stereocenters. The number of amidine groups is 1. The molecule has 1 aromatic carbocycles. The van der Waals surface area contributed by atoms with E-state index in [-0.39, 0.29) is 5.69 Å². The number of ether oxygens (including phenoxy) is 2. The third-order valence-corrected chi connectivity index (χ3v) is 4.87. The summed E-state index contributed by atoms with van der Waals surface area (Å²) < 4.78 is 16.1. The number of methoxy groups -OCH3 is 1. The Bertz CT molecular complexity index is 993. The number of fused-ring (bicyclic) bond motifs is 1. The van der Waals surface area contributed by atoms with Crippen molar-refractivity contribution in [3.8, 4) is 5.75 Å². The molecule has 1 aromatic heterocycles. The summed E-state index contributed by atoms with van der Waals surface area (Å²) >= 11 is 0. The van der Waals surface area contributed by atoms with Gasteiger partial charge in [-0.2, -0.15) is 0 Å². The van der Waals surface area contributed by atoms with Crippen LogP contribution in [-0.4, -0.2) is 37.1 Å². The molecule has 2 aromatic rings. The summed E-state index contributed by atoms with van der Waals surface area (Å²) in [5.41, 5.74) is 6.16. The van der Waals surface area contributed by atoms with Gasteiger partial charge in [0.15, 0.2) is 11.6 Å². The summed E-state index contributed by atoms with van der Waals surface area (Å²) in [5.74, 6) is 1.44. The van der Waals surface area contributed by atoms with Gasteiger partial charge in [0.05, 0.1) is 7.11 Å². The third kappa shape index (κ3) is 3.63. The largest absolute Gasteiger partial charge is 0.494 e. The Morgan fingerprint density at radius 2 is 2.11 bits per heavy atom. The molecule has 0 spiro atoms. The summed E-state index contributed by atoms with van der Waals surface area (Å²) in [6, 6.07) is 4.01. The summed E-state index contributed by atoms with van der Waals surface area (Å²) in [4.78, 5) is 21.1. The molecule has 0 unspecified atom stereocenters. The van der Waals surface area contributed by atoms with Gasteiger partial charge >= 0.3 is 0 Å². The number of amides is 1. The third-order valence-electron chi connectivity index (χ3n) is 4.87. The number of aromatic nitrogens is 1. The van der Waals surface area contributed by atoms with E-state index in [1.165, 1.54) is 11.8 Å². The molecule has 144 valence electrons. The number of aryl methyl sites for hydroxylation is 1. The highest BCUT2D eigenvalue weighted by Gasteiger charge is 2.23. The standard InChI is InChI=1S/C21H21N3O4/c1-13-22-17(12-28-13)21(25)24-19-5-3-4-16-15(14-8-10-27-11-9-14)6-7-18(26-2)20(16)23-19/h4-7,12,14H,8-11H2,1-2H3,(H,23,24,25). The number of carbonyl (C=O) groups excluding carboxylic acids is 1. The number of aliphatic imine (C=N–C) groups is 1. The number of benzene rings is 1. The van der Waals surface area contributed by atoms with Gasteiger partial charge in [0.2, 0.25) is 0 Å². The summed E-state index contributed by atoms with van der Waals surface area (Å²) in [7, 11) is 1.61. The van der Waals surface area contributed by atoms with Crippen molar-refractivity contribution in [1.29, 1.82) is 0 Å². The van der Waals surface area contributed by atoms with Crippen molar-refractivity contribution in [2.45, 2.75) is 25.7 Å². The molecule has 0 aliphatic carbocycles. The lowest BCUT2D eigenvalue weighted by molar-refractivity contribution is 0.0853. The van der Waals surface area contributed by atoms with Crippen molar-refractivity contribution >= 4 is 23.5 Å². The van der Waals surface area contributed by atoms with E-state index in [2.05, 4.69) is 27.1 Å². The van der Waals surface area contributed by atoms with E-state index in [1.807, 2.05) is 12.1 Å². The van der Waals surface area contributed by atoms with Crippen LogP contribution in [0.4, 0.5) is 5.69 Å². The summed E-state index contributed by atoms with van der Waals surface area (Å²) in [6.45, 7) is 3.20. The van der Waals surface area contributed by atoms with Crippen LogP contribution in [0.3, 0.4) is 0 Å². The molecule has 1 N–H and O–H groups in total. The zero-order chi connectivity index (χ0) is 19.5. The molecule has 4 rings (SSSR count). The van der Waals surface area contributed by atoms with Gasteiger partial charge in [0.1, 0.15) is 23.5 Å². The van der Waals surface area contributed by atoms with Crippen LogP contribution in [0.5, 0.6) is 5.75 Å². The highest BCUT2D eigenvalue weighted by atomic mass is 16.5. The molecule has 0 saturated carbocycles.